The predicted octanol–water partition coefficient (Wildman–Crippen LogP) is 4.27. The molecular weight excluding hydrogens is 390 g/mol. The highest BCUT2D eigenvalue weighted by Gasteiger charge is 2.34. The Balaban J connectivity index is 1.98. The van der Waals surface area contributed by atoms with Gasteiger partial charge in [-0.1, -0.05) is 43.5 Å². The van der Waals surface area contributed by atoms with Crippen molar-refractivity contribution in [3.63, 3.8) is 0 Å². The molecule has 1 fully saturated rings. The van der Waals surface area contributed by atoms with Crippen LogP contribution in [0.2, 0.25) is 0 Å². The molecule has 0 heterocycles. The number of ether oxygens (including phenoxy) is 1. The second-order valence-corrected chi connectivity index (χ2v) is 7.54. The van der Waals surface area contributed by atoms with Gasteiger partial charge in [-0.2, -0.15) is 0 Å². The first-order valence-electron chi connectivity index (χ1n) is 10.1. The van der Waals surface area contributed by atoms with Crippen molar-refractivity contribution in [1.29, 1.82) is 0 Å². The molecule has 2 N–H and O–H groups in total. The molecule has 1 unspecified atom stereocenters. The number of hydrogen-bond acceptors (Lipinski definition) is 3. The maximum Gasteiger partial charge on any atom is 0.407 e. The van der Waals surface area contributed by atoms with E-state index in [0.717, 1.165) is 32.1 Å². The number of nitrogens with one attached hydrogen (secondary N) is 2. The van der Waals surface area contributed by atoms with E-state index in [1.807, 2.05) is 0 Å². The van der Waals surface area contributed by atoms with Gasteiger partial charge in [0.1, 0.15) is 17.7 Å². The third-order valence-corrected chi connectivity index (χ3v) is 5.48. The van der Waals surface area contributed by atoms with Crippen molar-refractivity contribution in [1.82, 2.24) is 10.6 Å². The van der Waals surface area contributed by atoms with Crippen LogP contribution >= 0.6 is 0 Å². The van der Waals surface area contributed by atoms with E-state index in [4.69, 9.17) is 4.74 Å². The second kappa shape index (κ2) is 10.2. The number of rotatable bonds is 6. The van der Waals surface area contributed by atoms with E-state index in [1.54, 1.807) is 24.3 Å². The van der Waals surface area contributed by atoms with E-state index in [2.05, 4.69) is 10.6 Å². The Morgan fingerprint density at radius 1 is 0.900 bits per heavy atom. The number of alkyl carbamates (subject to hydrolysis) is 1. The minimum Gasteiger partial charge on any atom is -0.453 e. The molecule has 0 saturated heterocycles. The van der Waals surface area contributed by atoms with Crippen molar-refractivity contribution in [3.8, 4) is 0 Å². The summed E-state index contributed by atoms with van der Waals surface area (Å²) in [5.41, 5.74) is 1.23. The monoisotopic (exact) mass is 416 g/mol. The molecule has 2 aromatic rings. The zero-order chi connectivity index (χ0) is 21.5. The van der Waals surface area contributed by atoms with Crippen LogP contribution in [-0.2, 0) is 9.53 Å². The summed E-state index contributed by atoms with van der Waals surface area (Å²) < 4.78 is 31.8. The molecule has 0 bridgehead atoms. The minimum absolute atomic E-state index is 0.0373. The average molecular weight is 416 g/mol. The van der Waals surface area contributed by atoms with Gasteiger partial charge in [-0.15, -0.1) is 0 Å². The van der Waals surface area contributed by atoms with Gasteiger partial charge >= 0.3 is 6.09 Å². The maximum absolute atomic E-state index is 13.5. The Morgan fingerprint density at radius 2 is 1.40 bits per heavy atom. The van der Waals surface area contributed by atoms with Crippen molar-refractivity contribution < 1.29 is 23.1 Å². The first-order chi connectivity index (χ1) is 14.5. The van der Waals surface area contributed by atoms with Gasteiger partial charge in [0.25, 0.3) is 0 Å². The molecule has 7 heteroatoms. The summed E-state index contributed by atoms with van der Waals surface area (Å²) >= 11 is 0. The first-order valence-corrected chi connectivity index (χ1v) is 10.1. The summed E-state index contributed by atoms with van der Waals surface area (Å²) in [6.45, 7) is 0. The van der Waals surface area contributed by atoms with Crippen molar-refractivity contribution in [2.24, 2.45) is 0 Å². The smallest absolute Gasteiger partial charge is 0.407 e. The Morgan fingerprint density at radius 3 is 1.87 bits per heavy atom. The largest absolute Gasteiger partial charge is 0.453 e. The van der Waals surface area contributed by atoms with Crippen LogP contribution in [-0.4, -0.2) is 31.2 Å². The summed E-state index contributed by atoms with van der Waals surface area (Å²) in [6.07, 6.45) is 4.24. The predicted molar refractivity (Wildman–Crippen MR) is 109 cm³/mol. The summed E-state index contributed by atoms with van der Waals surface area (Å²) in [7, 11) is 1.22. The van der Waals surface area contributed by atoms with E-state index in [0.29, 0.717) is 11.1 Å². The lowest BCUT2D eigenvalue weighted by atomic mass is 9.84. The fourth-order valence-electron chi connectivity index (χ4n) is 3.94. The molecule has 1 aliphatic rings. The Hall–Kier alpha value is -2.96. The van der Waals surface area contributed by atoms with Gasteiger partial charge in [0.2, 0.25) is 5.91 Å². The van der Waals surface area contributed by atoms with Gasteiger partial charge in [-0.05, 0) is 48.2 Å². The summed E-state index contributed by atoms with van der Waals surface area (Å²) in [5.74, 6) is -1.85. The lowest BCUT2D eigenvalue weighted by Crippen LogP contribution is -2.52. The van der Waals surface area contributed by atoms with E-state index in [1.165, 1.54) is 31.4 Å². The number of hydrogen-bond donors (Lipinski definition) is 2. The third-order valence-electron chi connectivity index (χ3n) is 5.48. The Kier molecular flexibility index (Phi) is 7.38. The maximum atomic E-state index is 13.5. The SMILES string of the molecule is COC(=O)NC(C(=O)NC1CCCCC1)C(c1ccc(F)cc1)c1ccc(F)cc1. The van der Waals surface area contributed by atoms with Crippen LogP contribution in [0.3, 0.4) is 0 Å². The molecule has 2 amide bonds. The molecule has 0 aliphatic heterocycles. The van der Waals surface area contributed by atoms with E-state index in [9.17, 15) is 18.4 Å². The lowest BCUT2D eigenvalue weighted by Gasteiger charge is -2.30. The lowest BCUT2D eigenvalue weighted by molar-refractivity contribution is -0.124. The normalized spacial score (nSPS) is 15.5. The van der Waals surface area contributed by atoms with Crippen LogP contribution in [0.1, 0.15) is 49.1 Å². The molecule has 1 atom stereocenters. The highest BCUT2D eigenvalue weighted by atomic mass is 19.1. The van der Waals surface area contributed by atoms with Gasteiger partial charge < -0.3 is 15.4 Å². The molecule has 1 aliphatic carbocycles. The molecular formula is C23H26F2N2O3. The van der Waals surface area contributed by atoms with Crippen molar-refractivity contribution in [2.75, 3.05) is 7.11 Å². The van der Waals surface area contributed by atoms with Crippen LogP contribution in [0.15, 0.2) is 48.5 Å². The number of amides is 2. The molecule has 3 rings (SSSR count). The number of carbonyl (C=O) groups is 2. The second-order valence-electron chi connectivity index (χ2n) is 7.54. The molecule has 30 heavy (non-hydrogen) atoms. The molecule has 0 spiro atoms. The van der Waals surface area contributed by atoms with Crippen LogP contribution < -0.4 is 10.6 Å². The van der Waals surface area contributed by atoms with Gasteiger partial charge in [-0.25, -0.2) is 13.6 Å². The van der Waals surface area contributed by atoms with Gasteiger partial charge in [0.05, 0.1) is 7.11 Å². The van der Waals surface area contributed by atoms with Crippen LogP contribution in [0.25, 0.3) is 0 Å². The highest BCUT2D eigenvalue weighted by Crippen LogP contribution is 2.30. The summed E-state index contributed by atoms with van der Waals surface area (Å²) in [6, 6.07) is 10.4. The quantitative estimate of drug-likeness (QED) is 0.739. The van der Waals surface area contributed by atoms with E-state index in [-0.39, 0.29) is 11.9 Å². The first kappa shape index (κ1) is 21.7. The van der Waals surface area contributed by atoms with Crippen LogP contribution in [0.4, 0.5) is 13.6 Å². The van der Waals surface area contributed by atoms with Crippen molar-refractivity contribution >= 4 is 12.0 Å². The Labute approximate surface area is 174 Å². The van der Waals surface area contributed by atoms with Crippen LogP contribution in [0, 0.1) is 11.6 Å². The zero-order valence-corrected chi connectivity index (χ0v) is 16.9. The number of methoxy groups -OCH3 is 1. The third kappa shape index (κ3) is 5.55. The fraction of sp³-hybridized carbons (Fsp3) is 0.391. The van der Waals surface area contributed by atoms with E-state index >= 15 is 0 Å². The Bertz CT molecular complexity index is 804. The molecule has 0 aromatic heterocycles. The standard InChI is InChI=1S/C23H26F2N2O3/c1-30-23(29)27-21(22(28)26-19-5-3-2-4-6-19)20(15-7-11-17(24)12-8-15)16-9-13-18(25)14-10-16/h7-14,19-21H,2-6H2,1H3,(H,26,28)(H,27,29). The topological polar surface area (TPSA) is 67.4 Å². The fourth-order valence-corrected chi connectivity index (χ4v) is 3.94. The zero-order valence-electron chi connectivity index (χ0n) is 16.9. The van der Waals surface area contributed by atoms with Gasteiger partial charge in [-0.3, -0.25) is 4.79 Å². The number of carbonyl (C=O) groups excluding carboxylic acids is 2. The molecule has 2 aromatic carbocycles. The van der Waals surface area contributed by atoms with Gasteiger partial charge in [0, 0.05) is 12.0 Å². The van der Waals surface area contributed by atoms with E-state index < -0.39 is 29.7 Å². The average Bonchev–Trinajstić information content (AvgIpc) is 2.76. The number of benzene rings is 2. The van der Waals surface area contributed by atoms with Gasteiger partial charge in [0.15, 0.2) is 0 Å². The van der Waals surface area contributed by atoms with Crippen LogP contribution in [0.5, 0.6) is 0 Å². The highest BCUT2D eigenvalue weighted by molar-refractivity contribution is 5.87. The van der Waals surface area contributed by atoms with Crippen molar-refractivity contribution in [2.45, 2.75) is 50.1 Å². The molecule has 160 valence electrons. The molecule has 1 saturated carbocycles. The summed E-state index contributed by atoms with van der Waals surface area (Å²) in [4.78, 5) is 25.3. The molecule has 0 radical (unpaired) electrons. The molecule has 5 nitrogen and oxygen atoms in total. The number of halogens is 2. The summed E-state index contributed by atoms with van der Waals surface area (Å²) in [5, 5.41) is 5.66. The van der Waals surface area contributed by atoms with Crippen molar-refractivity contribution in [3.05, 3.63) is 71.3 Å². The minimum atomic E-state index is -1.02.